The second-order valence-corrected chi connectivity index (χ2v) is 32.1. The van der Waals surface area contributed by atoms with Crippen molar-refractivity contribution in [3.8, 4) is 0 Å². The highest BCUT2D eigenvalue weighted by Crippen LogP contribution is 2.28. The van der Waals surface area contributed by atoms with Crippen LogP contribution in [0.3, 0.4) is 0 Å². The first-order chi connectivity index (χ1) is 46.3. The molecule has 0 saturated heterocycles. The number of carbonyl (C=O) groups is 4. The number of esters is 2. The zero-order chi connectivity index (χ0) is 68.4. The summed E-state index contributed by atoms with van der Waals surface area (Å²) in [5.74, 6) is -0.637. The van der Waals surface area contributed by atoms with Crippen LogP contribution in [0.5, 0.6) is 0 Å². The molecule has 0 rings (SSSR count). The Morgan fingerprint density at radius 1 is 0.234 bits per heavy atom. The molecule has 0 radical (unpaired) electrons. The highest BCUT2D eigenvalue weighted by molar-refractivity contribution is 8.76. The van der Waals surface area contributed by atoms with Gasteiger partial charge < -0.3 is 20.1 Å². The normalized spacial score (nSPS) is 12.3. The van der Waals surface area contributed by atoms with Crippen LogP contribution in [0.15, 0.2) is 0 Å². The number of ether oxygens (including phenoxy) is 2. The molecule has 0 bridgehead atoms. The van der Waals surface area contributed by atoms with Gasteiger partial charge in [-0.05, 0) is 25.7 Å². The lowest BCUT2D eigenvalue weighted by Gasteiger charge is -2.22. The van der Waals surface area contributed by atoms with Crippen molar-refractivity contribution in [2.45, 2.75) is 476 Å². The Labute approximate surface area is 595 Å². The van der Waals surface area contributed by atoms with Crippen LogP contribution >= 0.6 is 21.6 Å². The fourth-order valence-corrected chi connectivity index (χ4v) is 16.3. The van der Waals surface area contributed by atoms with Crippen LogP contribution in [0.2, 0.25) is 0 Å². The summed E-state index contributed by atoms with van der Waals surface area (Å²) in [6, 6.07) is -1.60. The third kappa shape index (κ3) is 65.2. The number of unbranched alkanes of at least 4 members (excludes halogenated alkanes) is 60. The Balaban J connectivity index is 5.41. The Morgan fingerprint density at radius 2 is 0.372 bits per heavy atom. The average Bonchev–Trinajstić information content (AvgIpc) is 1.63. The molecule has 0 unspecified atom stereocenters. The number of hydrogen-bond acceptors (Lipinski definition) is 8. The van der Waals surface area contributed by atoms with Gasteiger partial charge in [0.05, 0.1) is 14.2 Å². The van der Waals surface area contributed by atoms with E-state index in [0.29, 0.717) is 11.5 Å². The summed E-state index contributed by atoms with van der Waals surface area (Å²) in [4.78, 5) is 55.1. The van der Waals surface area contributed by atoms with E-state index in [2.05, 4.69) is 38.3 Å². The lowest BCUT2D eigenvalue weighted by atomic mass is 9.93. The second kappa shape index (κ2) is 77.3. The van der Waals surface area contributed by atoms with Crippen molar-refractivity contribution < 1.29 is 28.7 Å². The molecule has 10 heteroatoms. The molecular weight excluding hydrogens is 1200 g/mol. The molecule has 0 aliphatic rings. The highest BCUT2D eigenvalue weighted by Gasteiger charge is 2.29. The van der Waals surface area contributed by atoms with Crippen molar-refractivity contribution in [2.75, 3.05) is 25.7 Å². The number of amides is 2. The van der Waals surface area contributed by atoms with Gasteiger partial charge in [-0.3, -0.25) is 9.59 Å². The first-order valence-electron chi connectivity index (χ1n) is 42.3. The number of nitrogens with one attached hydrogen (secondary N) is 2. The molecule has 0 spiro atoms. The largest absolute Gasteiger partial charge is 0.467 e. The van der Waals surface area contributed by atoms with Crippen LogP contribution in [-0.2, 0) is 28.7 Å². The van der Waals surface area contributed by atoms with Gasteiger partial charge in [-0.2, -0.15) is 0 Å². The predicted molar refractivity (Wildman–Crippen MR) is 416 cm³/mol. The van der Waals surface area contributed by atoms with E-state index in [9.17, 15) is 19.2 Å². The van der Waals surface area contributed by atoms with Gasteiger partial charge in [-0.25, -0.2) is 9.59 Å². The first-order valence-corrected chi connectivity index (χ1v) is 44.8. The van der Waals surface area contributed by atoms with Crippen molar-refractivity contribution in [1.29, 1.82) is 0 Å². The van der Waals surface area contributed by atoms with Gasteiger partial charge in [0, 0.05) is 23.3 Å². The number of hydrogen-bond donors (Lipinski definition) is 2. The summed E-state index contributed by atoms with van der Waals surface area (Å²) in [5.41, 5.74) is 0. The predicted octanol–water partition coefficient (Wildman–Crippen LogP) is 27.5. The Bertz CT molecular complexity index is 1380. The molecule has 0 aromatic heterocycles. The smallest absolute Gasteiger partial charge is 0.329 e. The van der Waals surface area contributed by atoms with Crippen LogP contribution in [0.25, 0.3) is 0 Å². The Kier molecular flexibility index (Phi) is 76.2. The fraction of sp³-hybridized carbons (Fsp3) is 0.952. The van der Waals surface area contributed by atoms with Crippen LogP contribution in [0.1, 0.15) is 464 Å². The lowest BCUT2D eigenvalue weighted by molar-refractivity contribution is -0.145. The van der Waals surface area contributed by atoms with Crippen molar-refractivity contribution >= 4 is 45.3 Å². The Hall–Kier alpha value is -1.42. The molecule has 2 amide bonds. The monoisotopic (exact) mass is 1360 g/mol. The summed E-state index contributed by atoms with van der Waals surface area (Å²) >= 11 is 0. The van der Waals surface area contributed by atoms with Crippen LogP contribution < -0.4 is 10.6 Å². The van der Waals surface area contributed by atoms with E-state index in [1.165, 1.54) is 395 Å². The van der Waals surface area contributed by atoms with Gasteiger partial charge in [0.2, 0.25) is 11.8 Å². The molecule has 0 fully saturated rings. The van der Waals surface area contributed by atoms with Gasteiger partial charge in [-0.15, -0.1) is 0 Å². The van der Waals surface area contributed by atoms with Crippen molar-refractivity contribution in [3.05, 3.63) is 0 Å². The van der Waals surface area contributed by atoms with Crippen LogP contribution in [0.4, 0.5) is 0 Å². The molecule has 2 atom stereocenters. The molecule has 0 saturated carbocycles. The van der Waals surface area contributed by atoms with Crippen molar-refractivity contribution in [3.63, 3.8) is 0 Å². The highest BCUT2D eigenvalue weighted by atomic mass is 33.1. The zero-order valence-electron chi connectivity index (χ0n) is 64.1. The van der Waals surface area contributed by atoms with Gasteiger partial charge in [-0.1, -0.05) is 460 Å². The number of rotatable bonds is 79. The minimum atomic E-state index is -0.802. The molecule has 0 aliphatic carbocycles. The minimum Gasteiger partial charge on any atom is -0.467 e. The standard InChI is InChI=1S/C84H164N2O6S2/c1-7-11-15-19-23-27-31-35-39-43-47-51-55-59-63-67-71-77(72-68-64-60-56-52-48-44-40-36-32-28-24-20-16-12-8-2)81(87)85-79(83(89)91-5)75-93-94-76-80(84(90)92-6)86-82(88)78(73-69-65-61-57-53-49-45-41-37-33-29-25-21-17-13-9-3)74-70-66-62-58-54-50-46-42-38-34-30-26-22-18-14-10-4/h77-80H,7-76H2,1-6H3,(H,85,87)(H,86,88)/t79-,80-/m0/s1. The molecule has 0 aliphatic heterocycles. The third-order valence-electron chi connectivity index (χ3n) is 20.5. The topological polar surface area (TPSA) is 111 Å². The summed E-state index contributed by atoms with van der Waals surface area (Å²) in [7, 11) is 5.66. The first kappa shape index (κ1) is 92.6. The second-order valence-electron chi connectivity index (χ2n) is 29.5. The van der Waals surface area contributed by atoms with E-state index in [1.54, 1.807) is 0 Å². The van der Waals surface area contributed by atoms with Crippen molar-refractivity contribution in [2.24, 2.45) is 11.8 Å². The average molecular weight is 1360 g/mol. The third-order valence-corrected chi connectivity index (χ3v) is 22.9. The van der Waals surface area contributed by atoms with Crippen molar-refractivity contribution in [1.82, 2.24) is 10.6 Å². The van der Waals surface area contributed by atoms with Crippen LogP contribution in [0, 0.1) is 11.8 Å². The fourth-order valence-electron chi connectivity index (χ4n) is 14.0. The van der Waals surface area contributed by atoms with Gasteiger partial charge >= 0.3 is 11.9 Å². The van der Waals surface area contributed by atoms with E-state index in [-0.39, 0.29) is 23.7 Å². The van der Waals surface area contributed by atoms with E-state index in [1.807, 2.05) is 0 Å². The van der Waals surface area contributed by atoms with E-state index >= 15 is 0 Å². The van der Waals surface area contributed by atoms with E-state index in [0.717, 1.165) is 77.0 Å². The maximum absolute atomic E-state index is 14.2. The molecule has 558 valence electrons. The number of carbonyl (C=O) groups excluding carboxylic acids is 4. The molecular formula is C84H164N2O6S2. The van der Waals surface area contributed by atoms with E-state index in [4.69, 9.17) is 9.47 Å². The zero-order valence-corrected chi connectivity index (χ0v) is 65.7. The molecule has 0 aromatic carbocycles. The molecule has 2 N–H and O–H groups in total. The summed E-state index contributed by atoms with van der Waals surface area (Å²) in [5, 5.41) is 6.30. The summed E-state index contributed by atoms with van der Waals surface area (Å²) in [6.07, 6.45) is 88.1. The molecule has 94 heavy (non-hydrogen) atoms. The maximum atomic E-state index is 14.2. The molecule has 0 aromatic rings. The summed E-state index contributed by atoms with van der Waals surface area (Å²) in [6.45, 7) is 9.16. The Morgan fingerprint density at radius 3 is 0.511 bits per heavy atom. The maximum Gasteiger partial charge on any atom is 0.329 e. The molecule has 8 nitrogen and oxygen atoms in total. The molecule has 0 heterocycles. The quantitative estimate of drug-likeness (QED) is 0.0352. The van der Waals surface area contributed by atoms with Gasteiger partial charge in [0.15, 0.2) is 0 Å². The minimum absolute atomic E-state index is 0.0395. The lowest BCUT2D eigenvalue weighted by Crippen LogP contribution is -2.46. The van der Waals surface area contributed by atoms with Gasteiger partial charge in [0.1, 0.15) is 12.1 Å². The summed E-state index contributed by atoms with van der Waals surface area (Å²) < 4.78 is 10.6. The SMILES string of the molecule is CCCCCCCCCCCCCCCCCCC(CCCCCCCCCCCCCCCCCC)C(=O)N[C@@H](CSSC[C@H](NC(=O)C(CCCCCCCCCCCCCCCCCC)CCCCCCCCCCCCCCCCCC)C(=O)OC)C(=O)OC. The van der Waals surface area contributed by atoms with E-state index < -0.39 is 24.0 Å². The van der Waals surface area contributed by atoms with Gasteiger partial charge in [0.25, 0.3) is 0 Å². The number of methoxy groups -OCH3 is 2. The van der Waals surface area contributed by atoms with Crippen LogP contribution in [-0.4, -0.2) is 61.6 Å².